The Morgan fingerprint density at radius 1 is 0.889 bits per heavy atom. The molecule has 0 aromatic heterocycles. The van der Waals surface area contributed by atoms with Crippen LogP contribution in [0.2, 0.25) is 0 Å². The number of rotatable bonds is 11. The van der Waals surface area contributed by atoms with Gasteiger partial charge in [0.05, 0.1) is 0 Å². The van der Waals surface area contributed by atoms with E-state index in [-0.39, 0.29) is 0 Å². The summed E-state index contributed by atoms with van der Waals surface area (Å²) in [5.41, 5.74) is 1.38. The van der Waals surface area contributed by atoms with Gasteiger partial charge in [-0.05, 0) is 0 Å². The zero-order chi connectivity index (χ0) is 14.1. The molecule has 0 radical (unpaired) electrons. The molecule has 0 aromatic carbocycles. The van der Waals surface area contributed by atoms with E-state index in [4.69, 9.17) is 0 Å². The van der Waals surface area contributed by atoms with Gasteiger partial charge in [0.25, 0.3) is 0 Å². The fraction of sp³-hybridized carbons (Fsp3) is 0.875. The van der Waals surface area contributed by atoms with Gasteiger partial charge in [-0.1, -0.05) is 0 Å². The molecular weight excluding hydrogens is 303 g/mol. The van der Waals surface area contributed by atoms with Crippen LogP contribution < -0.4 is 0 Å². The van der Waals surface area contributed by atoms with E-state index in [1.807, 2.05) is 0 Å². The van der Waals surface area contributed by atoms with Crippen LogP contribution in [-0.2, 0) is 0 Å². The first-order valence-electron chi connectivity index (χ1n) is 7.76. The average Bonchev–Trinajstić information content (AvgIpc) is 2.32. The van der Waals surface area contributed by atoms with Crippen LogP contribution >= 0.6 is 20.8 Å². The van der Waals surface area contributed by atoms with Crippen molar-refractivity contribution in [2.24, 2.45) is 0 Å². The fourth-order valence-electron chi connectivity index (χ4n) is 2.91. The van der Waals surface area contributed by atoms with E-state index in [0.717, 1.165) is 0 Å². The maximum absolute atomic E-state index is 4.37. The zero-order valence-corrected chi connectivity index (χ0v) is 15.6. The maximum atomic E-state index is 4.37. The van der Waals surface area contributed by atoms with Crippen LogP contribution in [-0.4, -0.2) is 24.6 Å². The van der Waals surface area contributed by atoms with Crippen LogP contribution in [0.4, 0.5) is 0 Å². The van der Waals surface area contributed by atoms with E-state index < -0.39 is 5.31 Å². The molecule has 0 spiro atoms. The van der Waals surface area contributed by atoms with Crippen molar-refractivity contribution in [2.75, 3.05) is 24.6 Å². The monoisotopic (exact) mass is 336 g/mol. The van der Waals surface area contributed by atoms with Gasteiger partial charge in [0.2, 0.25) is 0 Å². The molecule has 0 aliphatic rings. The molecule has 0 heterocycles. The van der Waals surface area contributed by atoms with Crippen LogP contribution in [0.15, 0.2) is 12.2 Å². The standard InChI is InChI=1S/C16H34BrP/c1-6-9-12-18(17,13-10-7-2,14-11-8-3)15-16(4)5/h4,6-15H2,1-3,5H3. The van der Waals surface area contributed by atoms with Crippen molar-refractivity contribution in [3.8, 4) is 0 Å². The summed E-state index contributed by atoms with van der Waals surface area (Å²) in [5.74, 6) is 0. The number of halogens is 1. The third kappa shape index (κ3) is 6.71. The number of unbranched alkanes of at least 4 members (excludes halogenated alkanes) is 3. The first-order valence-corrected chi connectivity index (χ1v) is 12.8. The van der Waals surface area contributed by atoms with E-state index in [2.05, 4.69) is 49.8 Å². The molecule has 0 fully saturated rings. The summed E-state index contributed by atoms with van der Waals surface area (Å²) in [7, 11) is 0. The average molecular weight is 337 g/mol. The van der Waals surface area contributed by atoms with Crippen LogP contribution in [0.3, 0.4) is 0 Å². The summed E-state index contributed by atoms with van der Waals surface area (Å²) in [4.78, 5) is 0. The second kappa shape index (κ2) is 8.75. The summed E-state index contributed by atoms with van der Waals surface area (Å²) >= 11 is 4.37. The van der Waals surface area contributed by atoms with Crippen LogP contribution in [0.5, 0.6) is 0 Å². The van der Waals surface area contributed by atoms with Gasteiger partial charge in [-0.2, -0.15) is 0 Å². The Hall–Kier alpha value is 0.650. The molecule has 0 nitrogen and oxygen atoms in total. The van der Waals surface area contributed by atoms with Crippen molar-refractivity contribution in [1.82, 2.24) is 0 Å². The van der Waals surface area contributed by atoms with E-state index in [1.165, 1.54) is 68.7 Å². The first-order chi connectivity index (χ1) is 8.40. The third-order valence-electron chi connectivity index (χ3n) is 3.88. The molecule has 2 heteroatoms. The molecule has 110 valence electrons. The molecule has 0 unspecified atom stereocenters. The Balaban J connectivity index is 5.00. The Morgan fingerprint density at radius 3 is 1.44 bits per heavy atom. The van der Waals surface area contributed by atoms with Crippen molar-refractivity contribution in [2.45, 2.75) is 66.2 Å². The van der Waals surface area contributed by atoms with Gasteiger partial charge >= 0.3 is 124 Å². The molecule has 0 amide bonds. The molecule has 18 heavy (non-hydrogen) atoms. The van der Waals surface area contributed by atoms with Gasteiger partial charge in [-0.15, -0.1) is 0 Å². The summed E-state index contributed by atoms with van der Waals surface area (Å²) < 4.78 is 0. The van der Waals surface area contributed by atoms with Crippen molar-refractivity contribution in [3.63, 3.8) is 0 Å². The Morgan fingerprint density at radius 2 is 1.22 bits per heavy atom. The summed E-state index contributed by atoms with van der Waals surface area (Å²) in [6.07, 6.45) is 13.6. The zero-order valence-electron chi connectivity index (χ0n) is 13.1. The number of hydrogen-bond donors (Lipinski definition) is 0. The van der Waals surface area contributed by atoms with Crippen LogP contribution in [0, 0.1) is 0 Å². The fourth-order valence-corrected chi connectivity index (χ4v) is 12.3. The molecular formula is C16H34BrP. The molecule has 0 bridgehead atoms. The van der Waals surface area contributed by atoms with Crippen molar-refractivity contribution in [3.05, 3.63) is 12.2 Å². The molecule has 0 saturated heterocycles. The Bertz CT molecular complexity index is 223. The molecule has 0 atom stereocenters. The summed E-state index contributed by atoms with van der Waals surface area (Å²) in [6.45, 7) is 13.4. The van der Waals surface area contributed by atoms with E-state index in [0.29, 0.717) is 0 Å². The van der Waals surface area contributed by atoms with Gasteiger partial charge in [0, 0.05) is 0 Å². The predicted octanol–water partition coefficient (Wildman–Crippen LogP) is 6.83. The molecule has 0 saturated carbocycles. The van der Waals surface area contributed by atoms with Gasteiger partial charge in [0.15, 0.2) is 0 Å². The van der Waals surface area contributed by atoms with Crippen molar-refractivity contribution < 1.29 is 0 Å². The van der Waals surface area contributed by atoms with Crippen LogP contribution in [0.25, 0.3) is 0 Å². The molecule has 0 aliphatic carbocycles. The van der Waals surface area contributed by atoms with E-state index in [9.17, 15) is 0 Å². The third-order valence-corrected chi connectivity index (χ3v) is 13.5. The molecule has 0 rings (SSSR count). The first kappa shape index (κ1) is 18.7. The van der Waals surface area contributed by atoms with Gasteiger partial charge in [-0.3, -0.25) is 0 Å². The van der Waals surface area contributed by atoms with Gasteiger partial charge < -0.3 is 0 Å². The Kier molecular flexibility index (Phi) is 9.06. The second-order valence-corrected chi connectivity index (χ2v) is 17.5. The normalized spacial score (nSPS) is 14.2. The quantitative estimate of drug-likeness (QED) is 0.286. The molecule has 0 aliphatic heterocycles. The number of allylic oxidation sites excluding steroid dienone is 1. The van der Waals surface area contributed by atoms with Gasteiger partial charge in [-0.25, -0.2) is 0 Å². The van der Waals surface area contributed by atoms with Crippen molar-refractivity contribution in [1.29, 1.82) is 0 Å². The predicted molar refractivity (Wildman–Crippen MR) is 94.9 cm³/mol. The topological polar surface area (TPSA) is 0 Å². The minimum atomic E-state index is -1.69. The van der Waals surface area contributed by atoms with Crippen molar-refractivity contribution >= 4 is 20.8 Å². The van der Waals surface area contributed by atoms with Crippen LogP contribution in [0.1, 0.15) is 66.2 Å². The molecule has 0 N–H and O–H groups in total. The molecule has 0 aromatic rings. The summed E-state index contributed by atoms with van der Waals surface area (Å²) in [5, 5.41) is -1.69. The minimum absolute atomic E-state index is 1.27. The number of hydrogen-bond acceptors (Lipinski definition) is 0. The SMILES string of the molecule is C=C(C)CP(Br)(CCCC)(CCCC)CCCC. The van der Waals surface area contributed by atoms with E-state index >= 15 is 0 Å². The van der Waals surface area contributed by atoms with E-state index in [1.54, 1.807) is 0 Å². The Labute approximate surface area is 124 Å². The summed E-state index contributed by atoms with van der Waals surface area (Å²) in [6, 6.07) is 0. The van der Waals surface area contributed by atoms with Gasteiger partial charge in [0.1, 0.15) is 0 Å². The second-order valence-electron chi connectivity index (χ2n) is 6.17.